The van der Waals surface area contributed by atoms with Crippen LogP contribution in [0.25, 0.3) is 0 Å². The lowest BCUT2D eigenvalue weighted by Crippen LogP contribution is -2.11. The third kappa shape index (κ3) is 5200. The summed E-state index contributed by atoms with van der Waals surface area (Å²) in [6.45, 7) is 1.19. The third-order valence-electron chi connectivity index (χ3n) is 0.167. The fourth-order valence-corrected chi connectivity index (χ4v) is 0. The summed E-state index contributed by atoms with van der Waals surface area (Å²) in [6.07, 6.45) is 0. The quantitative estimate of drug-likeness (QED) is 0.208. The number of hydrogen-bond donors (Lipinski definition) is 10. The fraction of sp³-hybridized carbons (Fsp3) is 1.00. The van der Waals surface area contributed by atoms with Gasteiger partial charge in [-0.1, -0.05) is 0 Å². The molecule has 0 saturated heterocycles. The SMILES string of the molecule is NCCN.O=[P+](O)O.O=[P+](O)O.O=[P+](O)O.O=[P+](O)O. The second-order valence-electron chi connectivity index (χ2n) is 1.59. The summed E-state index contributed by atoms with van der Waals surface area (Å²) >= 11 is 0. The van der Waals surface area contributed by atoms with Crippen LogP contribution in [0.2, 0.25) is 0 Å². The van der Waals surface area contributed by atoms with E-state index in [4.69, 9.17) is 68.9 Å². The summed E-state index contributed by atoms with van der Waals surface area (Å²) in [5.41, 5.74) is 9.81. The van der Waals surface area contributed by atoms with Crippen LogP contribution in [0, 0.1) is 0 Å². The molecule has 18 heteroatoms. The van der Waals surface area contributed by atoms with Gasteiger partial charge in [-0.15, -0.1) is 39.1 Å². The summed E-state index contributed by atoms with van der Waals surface area (Å²) in [4.78, 5) is 57.0. The van der Waals surface area contributed by atoms with Crippen LogP contribution in [0.5, 0.6) is 0 Å². The highest BCUT2D eigenvalue weighted by atomic mass is 31.1. The Balaban J connectivity index is -0.0000000469. The molecule has 0 unspecified atom stereocenters. The van der Waals surface area contributed by atoms with Gasteiger partial charge in [-0.2, -0.15) is 0 Å². The second kappa shape index (κ2) is 31.4. The van der Waals surface area contributed by atoms with Gasteiger partial charge in [-0.05, 0) is 0 Å². The Bertz CT molecular complexity index is 194. The highest BCUT2D eigenvalue weighted by Gasteiger charge is 1.94. The molecule has 20 heavy (non-hydrogen) atoms. The average Bonchev–Trinajstić information content (AvgIpc) is 2.13. The van der Waals surface area contributed by atoms with E-state index in [1.807, 2.05) is 0 Å². The Labute approximate surface area is 116 Å². The predicted molar refractivity (Wildman–Crippen MR) is 66.3 cm³/mol. The van der Waals surface area contributed by atoms with E-state index in [1.165, 1.54) is 0 Å². The van der Waals surface area contributed by atoms with Crippen molar-refractivity contribution in [1.82, 2.24) is 0 Å². The average molecular weight is 384 g/mol. The van der Waals surface area contributed by atoms with Crippen molar-refractivity contribution in [2.75, 3.05) is 13.1 Å². The van der Waals surface area contributed by atoms with Crippen LogP contribution in [0.3, 0.4) is 0 Å². The van der Waals surface area contributed by atoms with Crippen molar-refractivity contribution in [3.8, 4) is 0 Å². The normalized spacial score (nSPS) is 6.70. The Morgan fingerprint density at radius 3 is 0.550 bits per heavy atom. The molecule has 0 aromatic carbocycles. The Morgan fingerprint density at radius 2 is 0.550 bits per heavy atom. The van der Waals surface area contributed by atoms with Gasteiger partial charge >= 0.3 is 33.0 Å². The highest BCUT2D eigenvalue weighted by Crippen LogP contribution is 1.99. The zero-order valence-corrected chi connectivity index (χ0v) is 13.1. The van der Waals surface area contributed by atoms with E-state index >= 15 is 0 Å². The summed E-state index contributed by atoms with van der Waals surface area (Å²) in [5.74, 6) is 0. The Morgan fingerprint density at radius 1 is 0.500 bits per heavy atom. The van der Waals surface area contributed by atoms with Gasteiger partial charge < -0.3 is 11.5 Å². The van der Waals surface area contributed by atoms with Crippen LogP contribution in [0.1, 0.15) is 0 Å². The van der Waals surface area contributed by atoms with Crippen LogP contribution in [0.4, 0.5) is 0 Å². The van der Waals surface area contributed by atoms with Crippen LogP contribution in [0.15, 0.2) is 0 Å². The molecule has 0 aliphatic heterocycles. The maximum atomic E-state index is 8.70. The lowest BCUT2D eigenvalue weighted by Gasteiger charge is -1.72. The highest BCUT2D eigenvalue weighted by molar-refractivity contribution is 7.31. The molecule has 0 rings (SSSR count). The first-order valence-electron chi connectivity index (χ1n) is 3.65. The molecule has 14 nitrogen and oxygen atoms in total. The predicted octanol–water partition coefficient (Wildman–Crippen LogP) is -2.58. The van der Waals surface area contributed by atoms with Crippen molar-refractivity contribution in [3.63, 3.8) is 0 Å². The molecule has 0 fully saturated rings. The molecule has 0 aliphatic rings. The summed E-state index contributed by atoms with van der Waals surface area (Å²) in [6, 6.07) is 0. The first kappa shape index (κ1) is 32.1. The minimum Gasteiger partial charge on any atom is -0.329 e. The minimum absolute atomic E-state index is 0.597. The molecule has 0 aromatic heterocycles. The topological polar surface area (TPSA) is 282 Å². The molecule has 0 spiro atoms. The van der Waals surface area contributed by atoms with E-state index in [1.54, 1.807) is 0 Å². The van der Waals surface area contributed by atoms with Gasteiger partial charge in [0.2, 0.25) is 0 Å². The molecular weight excluding hydrogens is 368 g/mol. The summed E-state index contributed by atoms with van der Waals surface area (Å²) < 4.78 is 34.8. The van der Waals surface area contributed by atoms with Gasteiger partial charge in [-0.3, -0.25) is 0 Å². The lowest BCUT2D eigenvalue weighted by atomic mass is 10.7. The van der Waals surface area contributed by atoms with Crippen molar-refractivity contribution >= 4 is 33.0 Å². The van der Waals surface area contributed by atoms with E-state index in [2.05, 4.69) is 0 Å². The molecule has 12 N–H and O–H groups in total. The van der Waals surface area contributed by atoms with Gasteiger partial charge in [-0.25, -0.2) is 0 Å². The van der Waals surface area contributed by atoms with Crippen LogP contribution in [-0.4, -0.2) is 52.2 Å². The van der Waals surface area contributed by atoms with Crippen LogP contribution >= 0.6 is 33.0 Å². The van der Waals surface area contributed by atoms with Crippen LogP contribution < -0.4 is 11.5 Å². The zero-order valence-electron chi connectivity index (χ0n) is 9.57. The maximum absolute atomic E-state index is 8.70. The van der Waals surface area contributed by atoms with E-state index in [0.717, 1.165) is 0 Å². The van der Waals surface area contributed by atoms with Gasteiger partial charge in [0.15, 0.2) is 0 Å². The molecule has 0 heterocycles. The molecule has 0 atom stereocenters. The van der Waals surface area contributed by atoms with Crippen LogP contribution in [-0.2, 0) is 18.3 Å². The van der Waals surface area contributed by atoms with Crippen molar-refractivity contribution in [2.45, 2.75) is 0 Å². The minimum atomic E-state index is -2.87. The number of nitrogens with two attached hydrogens (primary N) is 2. The Hall–Kier alpha value is -0.000000000000000153. The van der Waals surface area contributed by atoms with E-state index < -0.39 is 33.0 Å². The molecule has 0 aliphatic carbocycles. The third-order valence-corrected chi connectivity index (χ3v) is 0.167. The van der Waals surface area contributed by atoms with E-state index in [9.17, 15) is 0 Å². The van der Waals surface area contributed by atoms with Crippen molar-refractivity contribution < 1.29 is 57.4 Å². The monoisotopic (exact) mass is 384 g/mol. The summed E-state index contributed by atoms with van der Waals surface area (Å²) in [5, 5.41) is 0. The molecule has 0 bridgehead atoms. The molecule has 0 amide bonds. The van der Waals surface area contributed by atoms with E-state index in [-0.39, 0.29) is 0 Å². The fourth-order valence-electron chi connectivity index (χ4n) is 0. The van der Waals surface area contributed by atoms with Gasteiger partial charge in [0, 0.05) is 31.3 Å². The molecule has 122 valence electrons. The molecular formula is C2H16N2O12P4+4. The maximum Gasteiger partial charge on any atom is 0.692 e. The van der Waals surface area contributed by atoms with Gasteiger partial charge in [0.1, 0.15) is 0 Å². The first-order chi connectivity index (χ1) is 8.84. The van der Waals surface area contributed by atoms with Crippen molar-refractivity contribution in [1.29, 1.82) is 0 Å². The smallest absolute Gasteiger partial charge is 0.329 e. The molecule has 0 saturated carbocycles. The lowest BCUT2D eigenvalue weighted by molar-refractivity contribution is 0.403. The van der Waals surface area contributed by atoms with E-state index in [0.29, 0.717) is 13.1 Å². The largest absolute Gasteiger partial charge is 0.692 e. The molecule has 0 aromatic rings. The standard InChI is InChI=1S/C2H8N2.4HO3P/c3-1-2-4;4*1-4(2)3/h1-4H2;4*(H-,1,2,3)/p+4. The second-order valence-corrected chi connectivity index (χ2v) is 3.61. The summed E-state index contributed by atoms with van der Waals surface area (Å²) in [7, 11) is -11.5. The molecule has 0 radical (unpaired) electrons. The number of hydrogen-bond acceptors (Lipinski definition) is 6. The van der Waals surface area contributed by atoms with Crippen molar-refractivity contribution in [3.05, 3.63) is 0 Å². The van der Waals surface area contributed by atoms with Crippen molar-refractivity contribution in [2.24, 2.45) is 11.5 Å². The zero-order chi connectivity index (χ0) is 17.7. The first-order valence-corrected chi connectivity index (χ1v) is 8.31. The Kier molecular flexibility index (Phi) is 50.4. The number of rotatable bonds is 1. The van der Waals surface area contributed by atoms with Gasteiger partial charge in [0.25, 0.3) is 0 Å². The van der Waals surface area contributed by atoms with Gasteiger partial charge in [0.05, 0.1) is 0 Å².